The lowest BCUT2D eigenvalue weighted by Crippen LogP contribution is -2.61. The first-order valence-electron chi connectivity index (χ1n) is 16.3. The number of carboxylic acids is 1. The van der Waals surface area contributed by atoms with Gasteiger partial charge in [-0.1, -0.05) is 40.2 Å². The molecule has 0 bridgehead atoms. The Balaban J connectivity index is 1.51. The quantitative estimate of drug-likeness (QED) is 0.0801. The minimum Gasteiger partial charge on any atom is -0.479 e. The van der Waals surface area contributed by atoms with Gasteiger partial charge in [0.15, 0.2) is 6.10 Å². The molecule has 2 saturated heterocycles. The second-order valence-corrected chi connectivity index (χ2v) is 13.2. The van der Waals surface area contributed by atoms with E-state index in [0.717, 1.165) is 0 Å². The SMILES string of the molecule is CCC(=O)OCc1ccc(O[C@@H]2OC(C(=O)O)[C@@H](O)[C@H](O)C2O)c(NC(=O)CCNC(=O)CCCCCN2C(=O)CC(C(C)(C)C)C2=O)c1. The van der Waals surface area contributed by atoms with E-state index in [9.17, 15) is 49.2 Å². The second kappa shape index (κ2) is 17.5. The van der Waals surface area contributed by atoms with Crippen molar-refractivity contribution in [1.29, 1.82) is 0 Å². The van der Waals surface area contributed by atoms with Gasteiger partial charge >= 0.3 is 11.9 Å². The number of anilines is 1. The number of aliphatic carboxylic acids is 1. The fourth-order valence-electron chi connectivity index (χ4n) is 5.35. The molecule has 2 heterocycles. The number of hydrogen-bond donors (Lipinski definition) is 6. The molecule has 16 nitrogen and oxygen atoms in total. The van der Waals surface area contributed by atoms with Gasteiger partial charge in [0.05, 0.1) is 11.6 Å². The Morgan fingerprint density at radius 3 is 2.33 bits per heavy atom. The van der Waals surface area contributed by atoms with E-state index in [2.05, 4.69) is 10.6 Å². The number of ether oxygens (including phenoxy) is 3. The van der Waals surface area contributed by atoms with Crippen molar-refractivity contribution in [3.8, 4) is 5.75 Å². The zero-order valence-electron chi connectivity index (χ0n) is 28.2. The van der Waals surface area contributed by atoms with E-state index in [1.54, 1.807) is 6.92 Å². The number of likely N-dealkylation sites (tertiary alicyclic amines) is 1. The molecule has 0 spiro atoms. The molecule has 16 heteroatoms. The van der Waals surface area contributed by atoms with Gasteiger partial charge in [-0.2, -0.15) is 0 Å². The van der Waals surface area contributed by atoms with E-state index >= 15 is 0 Å². The van der Waals surface area contributed by atoms with Gasteiger partial charge in [-0.15, -0.1) is 0 Å². The van der Waals surface area contributed by atoms with Gasteiger partial charge in [-0.3, -0.25) is 28.9 Å². The topological polar surface area (TPSA) is 238 Å². The molecule has 2 fully saturated rings. The molecular weight excluding hydrogens is 646 g/mol. The summed E-state index contributed by atoms with van der Waals surface area (Å²) in [5, 5.41) is 45.1. The number of nitrogens with one attached hydrogen (secondary N) is 2. The molecule has 3 rings (SSSR count). The number of rotatable bonds is 16. The average molecular weight is 694 g/mol. The third-order valence-electron chi connectivity index (χ3n) is 8.31. The van der Waals surface area contributed by atoms with E-state index < -0.39 is 48.6 Å². The molecule has 1 aromatic carbocycles. The standard InChI is InChI=1S/C33H47N3O13/c1-5-25(40)47-17-18-10-11-21(48-32-28(43)26(41)27(42)29(49-32)31(45)46)20(15-18)35-23(38)12-13-34-22(37)9-7-6-8-14-36-24(39)16-19(30(36)44)33(2,3)4/h10-11,15,19,26-29,32,41-43H,5-9,12-14,16-17H2,1-4H3,(H,34,37)(H,35,38)(H,45,46)/t19?,26-,27-,28?,29?,32+/m0/s1. The lowest BCUT2D eigenvalue weighted by atomic mass is 9.80. The fourth-order valence-corrected chi connectivity index (χ4v) is 5.35. The first kappa shape index (κ1) is 39.3. The summed E-state index contributed by atoms with van der Waals surface area (Å²) in [5.74, 6) is -3.63. The molecule has 2 aliphatic rings. The molecule has 0 saturated carbocycles. The molecule has 6 N–H and O–H groups in total. The minimum atomic E-state index is -1.93. The number of nitrogens with zero attached hydrogens (tertiary/aromatic N) is 1. The summed E-state index contributed by atoms with van der Waals surface area (Å²) in [6.07, 6.45) is -7.21. The highest BCUT2D eigenvalue weighted by molar-refractivity contribution is 6.03. The molecule has 0 aliphatic carbocycles. The number of unbranched alkanes of at least 4 members (excludes halogenated alkanes) is 2. The van der Waals surface area contributed by atoms with E-state index in [1.165, 1.54) is 23.1 Å². The van der Waals surface area contributed by atoms with Crippen LogP contribution in [0, 0.1) is 11.3 Å². The maximum Gasteiger partial charge on any atom is 0.335 e. The van der Waals surface area contributed by atoms with Crippen LogP contribution in [0.4, 0.5) is 5.69 Å². The highest BCUT2D eigenvalue weighted by Gasteiger charge is 2.48. The zero-order chi connectivity index (χ0) is 36.5. The molecule has 272 valence electrons. The normalized spacial score (nSPS) is 24.0. The third kappa shape index (κ3) is 10.9. The smallest absolute Gasteiger partial charge is 0.335 e. The van der Waals surface area contributed by atoms with Crippen molar-refractivity contribution >= 4 is 41.3 Å². The Labute approximate surface area is 284 Å². The molecule has 6 atom stereocenters. The molecule has 3 unspecified atom stereocenters. The van der Waals surface area contributed by atoms with Crippen molar-refractivity contribution in [3.05, 3.63) is 23.8 Å². The molecule has 1 aromatic rings. The van der Waals surface area contributed by atoms with Gasteiger partial charge in [-0.05, 0) is 36.0 Å². The Morgan fingerprint density at radius 1 is 0.980 bits per heavy atom. The largest absolute Gasteiger partial charge is 0.479 e. The van der Waals surface area contributed by atoms with Gasteiger partial charge in [-0.25, -0.2) is 4.79 Å². The van der Waals surface area contributed by atoms with Crippen molar-refractivity contribution in [2.75, 3.05) is 18.4 Å². The predicted octanol–water partition coefficient (Wildman–Crippen LogP) is 0.837. The number of amides is 4. The summed E-state index contributed by atoms with van der Waals surface area (Å²) in [7, 11) is 0. The second-order valence-electron chi connectivity index (χ2n) is 13.2. The van der Waals surface area contributed by atoms with Crippen molar-refractivity contribution in [1.82, 2.24) is 10.2 Å². The van der Waals surface area contributed by atoms with Crippen molar-refractivity contribution in [3.63, 3.8) is 0 Å². The number of esters is 1. The van der Waals surface area contributed by atoms with Crippen molar-refractivity contribution in [2.45, 2.75) is 110 Å². The summed E-state index contributed by atoms with van der Waals surface area (Å²) in [4.78, 5) is 74.5. The summed E-state index contributed by atoms with van der Waals surface area (Å²) in [6.45, 7) is 7.60. The van der Waals surface area contributed by atoms with Crippen LogP contribution in [0.15, 0.2) is 18.2 Å². The third-order valence-corrected chi connectivity index (χ3v) is 8.31. The van der Waals surface area contributed by atoms with E-state index in [4.69, 9.17) is 14.2 Å². The minimum absolute atomic E-state index is 0.00550. The first-order valence-corrected chi connectivity index (χ1v) is 16.3. The van der Waals surface area contributed by atoms with Gasteiger partial charge in [0.1, 0.15) is 30.7 Å². The van der Waals surface area contributed by atoms with Crippen LogP contribution in [0.3, 0.4) is 0 Å². The Bertz CT molecular complexity index is 1380. The van der Waals surface area contributed by atoms with Crippen LogP contribution in [-0.2, 0) is 44.8 Å². The Hall–Kier alpha value is -4.12. The van der Waals surface area contributed by atoms with Gasteiger partial charge < -0.3 is 45.3 Å². The van der Waals surface area contributed by atoms with Crippen LogP contribution in [-0.4, -0.2) is 105 Å². The lowest BCUT2D eigenvalue weighted by molar-refractivity contribution is -0.271. The number of carboxylic acid groups (broad SMARTS) is 1. The maximum atomic E-state index is 12.8. The zero-order valence-corrected chi connectivity index (χ0v) is 28.2. The molecule has 2 aliphatic heterocycles. The van der Waals surface area contributed by atoms with Crippen molar-refractivity contribution < 1.29 is 63.4 Å². The van der Waals surface area contributed by atoms with E-state index in [1.807, 2.05) is 20.8 Å². The lowest BCUT2D eigenvalue weighted by Gasteiger charge is -2.38. The maximum absolute atomic E-state index is 12.8. The number of hydrogen-bond acceptors (Lipinski definition) is 12. The van der Waals surface area contributed by atoms with E-state index in [-0.39, 0.29) is 79.3 Å². The number of benzene rings is 1. The number of imide groups is 1. The van der Waals surface area contributed by atoms with Crippen LogP contribution >= 0.6 is 0 Å². The van der Waals surface area contributed by atoms with Gasteiger partial charge in [0, 0.05) is 38.8 Å². The number of carbonyl (C=O) groups is 6. The van der Waals surface area contributed by atoms with Crippen LogP contribution in [0.5, 0.6) is 5.75 Å². The summed E-state index contributed by atoms with van der Waals surface area (Å²) in [6, 6.07) is 4.28. The molecular formula is C33H47N3O13. The highest BCUT2D eigenvalue weighted by Crippen LogP contribution is 2.35. The van der Waals surface area contributed by atoms with Crippen LogP contribution in [0.25, 0.3) is 0 Å². The van der Waals surface area contributed by atoms with Crippen LogP contribution in [0.2, 0.25) is 0 Å². The van der Waals surface area contributed by atoms with Crippen LogP contribution < -0.4 is 15.4 Å². The molecule has 0 aromatic heterocycles. The Kier molecular flexibility index (Phi) is 14.1. The predicted molar refractivity (Wildman–Crippen MR) is 170 cm³/mol. The van der Waals surface area contributed by atoms with Crippen molar-refractivity contribution in [2.24, 2.45) is 11.3 Å². The first-order chi connectivity index (χ1) is 23.0. The average Bonchev–Trinajstić information content (AvgIpc) is 3.33. The molecule has 4 amide bonds. The molecule has 49 heavy (non-hydrogen) atoms. The fraction of sp³-hybridized carbons (Fsp3) is 0.636. The van der Waals surface area contributed by atoms with Crippen LogP contribution in [0.1, 0.15) is 78.2 Å². The Morgan fingerprint density at radius 2 is 1.69 bits per heavy atom. The summed E-state index contributed by atoms with van der Waals surface area (Å²) < 4.78 is 15.9. The summed E-state index contributed by atoms with van der Waals surface area (Å²) >= 11 is 0. The number of aliphatic hydroxyl groups is 3. The highest BCUT2D eigenvalue weighted by atomic mass is 16.7. The summed E-state index contributed by atoms with van der Waals surface area (Å²) in [5.41, 5.74) is 0.195. The van der Waals surface area contributed by atoms with Gasteiger partial charge in [0.25, 0.3) is 0 Å². The number of carbonyl (C=O) groups excluding carboxylic acids is 5. The van der Waals surface area contributed by atoms with E-state index in [0.29, 0.717) is 31.4 Å². The molecule has 0 radical (unpaired) electrons. The monoisotopic (exact) mass is 693 g/mol. The number of aliphatic hydroxyl groups excluding tert-OH is 3. The van der Waals surface area contributed by atoms with Gasteiger partial charge in [0.2, 0.25) is 29.9 Å².